The zero-order chi connectivity index (χ0) is 14.1. The predicted molar refractivity (Wildman–Crippen MR) is 79.8 cm³/mol. The highest BCUT2D eigenvalue weighted by atomic mass is 35.5. The number of nitrogens with zero attached hydrogens (tertiary/aromatic N) is 2. The Kier molecular flexibility index (Phi) is 2.38. The second-order valence-electron chi connectivity index (χ2n) is 7.01. The average Bonchev–Trinajstić information content (AvgIpc) is 3.20. The molecule has 0 spiro atoms. The van der Waals surface area contributed by atoms with E-state index in [9.17, 15) is 4.79 Å². The molecule has 2 heterocycles. The van der Waals surface area contributed by atoms with Crippen LogP contribution in [0.4, 0.5) is 0 Å². The van der Waals surface area contributed by atoms with Crippen molar-refractivity contribution in [3.05, 3.63) is 41.2 Å². The summed E-state index contributed by atoms with van der Waals surface area (Å²) in [6.07, 6.45) is 7.90. The van der Waals surface area contributed by atoms with Crippen LogP contribution in [0, 0.1) is 35.5 Å². The number of amides is 1. The van der Waals surface area contributed by atoms with Crippen molar-refractivity contribution in [1.29, 1.82) is 0 Å². The maximum absolute atomic E-state index is 12.7. The number of pyridine rings is 1. The third-order valence-corrected chi connectivity index (χ3v) is 6.32. The Bertz CT molecular complexity index is 615. The van der Waals surface area contributed by atoms with E-state index in [0.29, 0.717) is 22.6 Å². The van der Waals surface area contributed by atoms with Crippen LogP contribution in [0.2, 0.25) is 5.15 Å². The van der Waals surface area contributed by atoms with E-state index < -0.39 is 0 Å². The second-order valence-corrected chi connectivity index (χ2v) is 7.40. The fourth-order valence-electron chi connectivity index (χ4n) is 5.10. The molecule has 108 valence electrons. The summed E-state index contributed by atoms with van der Waals surface area (Å²) in [4.78, 5) is 18.7. The Labute approximate surface area is 129 Å². The Hall–Kier alpha value is -1.35. The van der Waals surface area contributed by atoms with Crippen molar-refractivity contribution in [3.8, 4) is 0 Å². The molecule has 1 aliphatic heterocycles. The topological polar surface area (TPSA) is 33.2 Å². The van der Waals surface area contributed by atoms with Gasteiger partial charge >= 0.3 is 0 Å². The van der Waals surface area contributed by atoms with Crippen LogP contribution in [0.1, 0.15) is 16.8 Å². The van der Waals surface area contributed by atoms with Gasteiger partial charge < -0.3 is 4.90 Å². The first-order valence-corrected chi connectivity index (χ1v) is 8.19. The molecule has 1 aromatic heterocycles. The molecule has 4 heteroatoms. The second kappa shape index (κ2) is 4.10. The fourth-order valence-corrected chi connectivity index (χ4v) is 5.21. The minimum Gasteiger partial charge on any atom is -0.338 e. The van der Waals surface area contributed by atoms with E-state index in [1.54, 1.807) is 18.3 Å². The quantitative estimate of drug-likeness (QED) is 0.590. The zero-order valence-electron chi connectivity index (χ0n) is 11.7. The lowest BCUT2D eigenvalue weighted by molar-refractivity contribution is 0.0781. The summed E-state index contributed by atoms with van der Waals surface area (Å²) >= 11 is 5.80. The van der Waals surface area contributed by atoms with E-state index in [0.717, 1.165) is 36.8 Å². The smallest absolute Gasteiger partial charge is 0.255 e. The van der Waals surface area contributed by atoms with Gasteiger partial charge in [0.05, 0.1) is 5.56 Å². The van der Waals surface area contributed by atoms with Crippen molar-refractivity contribution in [2.24, 2.45) is 35.5 Å². The van der Waals surface area contributed by atoms with Gasteiger partial charge in [-0.3, -0.25) is 4.79 Å². The summed E-state index contributed by atoms with van der Waals surface area (Å²) in [5.41, 5.74) is 0.656. The molecule has 6 atom stereocenters. The summed E-state index contributed by atoms with van der Waals surface area (Å²) in [5, 5.41) is 0.434. The molecule has 6 rings (SSSR count). The van der Waals surface area contributed by atoms with Crippen LogP contribution < -0.4 is 0 Å². The molecule has 2 bridgehead atoms. The summed E-state index contributed by atoms with van der Waals surface area (Å²) < 4.78 is 0. The first kappa shape index (κ1) is 12.2. The number of hydrogen-bond donors (Lipinski definition) is 0. The SMILES string of the molecule is O=C(c1ccc(Cl)nc1)N1CC2[C@@H](C1)[C@H]1C=C[C@@H]2[C@@H]2C[C@H]12. The molecule has 1 aromatic rings. The highest BCUT2D eigenvalue weighted by Gasteiger charge is 2.61. The van der Waals surface area contributed by atoms with Gasteiger partial charge in [-0.2, -0.15) is 0 Å². The molecule has 1 unspecified atom stereocenters. The van der Waals surface area contributed by atoms with Crippen molar-refractivity contribution >= 4 is 17.5 Å². The third-order valence-electron chi connectivity index (χ3n) is 6.10. The molecule has 3 nitrogen and oxygen atoms in total. The van der Waals surface area contributed by atoms with E-state index in [1.807, 2.05) is 4.90 Å². The lowest BCUT2D eigenvalue weighted by atomic mass is 9.64. The monoisotopic (exact) mass is 300 g/mol. The van der Waals surface area contributed by atoms with Gasteiger partial charge in [0.25, 0.3) is 5.91 Å². The molecule has 0 N–H and O–H groups in total. The number of halogens is 1. The summed E-state index contributed by atoms with van der Waals surface area (Å²) in [6.45, 7) is 1.84. The highest BCUT2D eigenvalue weighted by Crippen LogP contribution is 2.64. The summed E-state index contributed by atoms with van der Waals surface area (Å²) in [6, 6.07) is 3.47. The van der Waals surface area contributed by atoms with Gasteiger partial charge in [0.15, 0.2) is 0 Å². The number of carbonyl (C=O) groups excluding carboxylic acids is 1. The van der Waals surface area contributed by atoms with Gasteiger partial charge in [0.1, 0.15) is 5.15 Å². The van der Waals surface area contributed by atoms with E-state index in [4.69, 9.17) is 11.6 Å². The number of aromatic nitrogens is 1. The van der Waals surface area contributed by atoms with E-state index >= 15 is 0 Å². The lowest BCUT2D eigenvalue weighted by Gasteiger charge is -2.40. The number of hydrogen-bond acceptors (Lipinski definition) is 2. The minimum absolute atomic E-state index is 0.113. The van der Waals surface area contributed by atoms with Crippen molar-refractivity contribution in [2.75, 3.05) is 13.1 Å². The van der Waals surface area contributed by atoms with Gasteiger partial charge in [0.2, 0.25) is 0 Å². The molecular formula is C17H17ClN2O. The number of allylic oxidation sites excluding steroid dienone is 2. The molecule has 0 radical (unpaired) electrons. The number of likely N-dealkylation sites (tertiary alicyclic amines) is 1. The Morgan fingerprint density at radius 1 is 1.10 bits per heavy atom. The Balaban J connectivity index is 1.39. The van der Waals surface area contributed by atoms with Crippen LogP contribution in [-0.2, 0) is 0 Å². The zero-order valence-corrected chi connectivity index (χ0v) is 12.4. The van der Waals surface area contributed by atoms with E-state index in [1.165, 1.54) is 6.42 Å². The molecule has 2 saturated carbocycles. The van der Waals surface area contributed by atoms with Crippen molar-refractivity contribution < 1.29 is 4.79 Å². The third kappa shape index (κ3) is 1.67. The van der Waals surface area contributed by atoms with Crippen LogP contribution in [-0.4, -0.2) is 28.9 Å². The lowest BCUT2D eigenvalue weighted by Crippen LogP contribution is -2.37. The Morgan fingerprint density at radius 2 is 1.76 bits per heavy atom. The van der Waals surface area contributed by atoms with Crippen LogP contribution in [0.25, 0.3) is 0 Å². The highest BCUT2D eigenvalue weighted by molar-refractivity contribution is 6.29. The standard InChI is InChI=1S/C17H17ClN2O/c18-16-4-1-9(6-19-16)17(21)20-7-14-10-2-3-11(15(14)8-20)13-5-12(10)13/h1-4,6,10-15H,5,7-8H2/t10-,11+,12+,13-,14-,15?/m0/s1. The first-order valence-electron chi connectivity index (χ1n) is 7.81. The summed E-state index contributed by atoms with van der Waals surface area (Å²) in [5.74, 6) is 4.79. The molecule has 5 aliphatic rings. The minimum atomic E-state index is 0.113. The molecule has 4 aliphatic carbocycles. The fraction of sp³-hybridized carbons (Fsp3) is 0.529. The van der Waals surface area contributed by atoms with Crippen molar-refractivity contribution in [1.82, 2.24) is 9.88 Å². The largest absolute Gasteiger partial charge is 0.338 e. The maximum Gasteiger partial charge on any atom is 0.255 e. The average molecular weight is 301 g/mol. The predicted octanol–water partition coefficient (Wildman–Crippen LogP) is 2.88. The number of rotatable bonds is 1. The van der Waals surface area contributed by atoms with Gasteiger partial charge in [-0.05, 0) is 54.1 Å². The molecule has 0 aromatic carbocycles. The van der Waals surface area contributed by atoms with E-state index in [-0.39, 0.29) is 5.91 Å². The number of carbonyl (C=O) groups is 1. The van der Waals surface area contributed by atoms with Crippen LogP contribution in [0.5, 0.6) is 0 Å². The van der Waals surface area contributed by atoms with Gasteiger partial charge in [-0.1, -0.05) is 23.8 Å². The Morgan fingerprint density at radius 3 is 2.33 bits per heavy atom. The summed E-state index contributed by atoms with van der Waals surface area (Å²) in [7, 11) is 0. The molecule has 1 saturated heterocycles. The van der Waals surface area contributed by atoms with Gasteiger partial charge in [-0.25, -0.2) is 4.98 Å². The normalized spacial score (nSPS) is 41.9. The molecule has 3 fully saturated rings. The van der Waals surface area contributed by atoms with Gasteiger partial charge in [0, 0.05) is 19.3 Å². The van der Waals surface area contributed by atoms with Crippen LogP contribution in [0.3, 0.4) is 0 Å². The molecular weight excluding hydrogens is 284 g/mol. The van der Waals surface area contributed by atoms with Crippen LogP contribution in [0.15, 0.2) is 30.5 Å². The maximum atomic E-state index is 12.7. The van der Waals surface area contributed by atoms with Crippen molar-refractivity contribution in [2.45, 2.75) is 6.42 Å². The molecule has 21 heavy (non-hydrogen) atoms. The molecule has 1 amide bonds. The van der Waals surface area contributed by atoms with E-state index in [2.05, 4.69) is 17.1 Å². The van der Waals surface area contributed by atoms with Crippen molar-refractivity contribution in [3.63, 3.8) is 0 Å². The van der Waals surface area contributed by atoms with Gasteiger partial charge in [-0.15, -0.1) is 0 Å². The first-order chi connectivity index (χ1) is 10.2. The van der Waals surface area contributed by atoms with Crippen LogP contribution >= 0.6 is 11.6 Å².